The van der Waals surface area contributed by atoms with Crippen molar-refractivity contribution < 1.29 is 22.7 Å². The first-order chi connectivity index (χ1) is 10.8. The van der Waals surface area contributed by atoms with Gasteiger partial charge in [-0.25, -0.2) is 4.98 Å². The van der Waals surface area contributed by atoms with Gasteiger partial charge in [0.05, 0.1) is 23.3 Å². The molecule has 0 aliphatic heterocycles. The van der Waals surface area contributed by atoms with E-state index in [2.05, 4.69) is 4.98 Å². The van der Waals surface area contributed by atoms with E-state index in [4.69, 9.17) is 4.74 Å². The van der Waals surface area contributed by atoms with E-state index in [9.17, 15) is 18.0 Å². The van der Waals surface area contributed by atoms with Crippen molar-refractivity contribution in [3.63, 3.8) is 0 Å². The van der Waals surface area contributed by atoms with Crippen LogP contribution >= 0.6 is 11.3 Å². The zero-order valence-electron chi connectivity index (χ0n) is 12.5. The highest BCUT2D eigenvalue weighted by Crippen LogP contribution is 2.36. The number of carbonyl (C=O) groups excluding carboxylic acids is 1. The number of alkyl halides is 3. The zero-order chi connectivity index (χ0) is 17.0. The van der Waals surface area contributed by atoms with Crippen molar-refractivity contribution >= 4 is 17.2 Å². The molecule has 1 amide bonds. The largest absolute Gasteiger partial charge is 0.480 e. The third kappa shape index (κ3) is 4.44. The maximum atomic E-state index is 12.9. The Hall–Kier alpha value is -2.09. The molecule has 2 aromatic rings. The highest BCUT2D eigenvalue weighted by molar-refractivity contribution is 7.07. The number of rotatable bonds is 5. The van der Waals surface area contributed by atoms with Crippen LogP contribution < -0.4 is 4.74 Å². The van der Waals surface area contributed by atoms with Crippen molar-refractivity contribution in [2.75, 3.05) is 7.05 Å². The number of benzene rings is 1. The van der Waals surface area contributed by atoms with Crippen LogP contribution in [0.25, 0.3) is 0 Å². The van der Waals surface area contributed by atoms with Gasteiger partial charge in [0.15, 0.2) is 6.10 Å². The van der Waals surface area contributed by atoms with Crippen molar-refractivity contribution in [2.45, 2.75) is 25.7 Å². The number of nitrogens with zero attached hydrogens (tertiary/aromatic N) is 2. The Kier molecular flexibility index (Phi) is 5.25. The Morgan fingerprint density at radius 2 is 2.09 bits per heavy atom. The van der Waals surface area contributed by atoms with Crippen molar-refractivity contribution in [2.24, 2.45) is 0 Å². The van der Waals surface area contributed by atoms with Crippen LogP contribution in [-0.2, 0) is 17.5 Å². The minimum atomic E-state index is -4.54. The number of aromatic nitrogens is 1. The van der Waals surface area contributed by atoms with E-state index < -0.39 is 23.8 Å². The number of para-hydroxylation sites is 1. The quantitative estimate of drug-likeness (QED) is 0.832. The maximum Gasteiger partial charge on any atom is 0.419 e. The molecule has 23 heavy (non-hydrogen) atoms. The molecule has 1 atom stereocenters. The van der Waals surface area contributed by atoms with Crippen LogP contribution in [0.1, 0.15) is 18.2 Å². The number of hydrogen-bond donors (Lipinski definition) is 0. The van der Waals surface area contributed by atoms with Gasteiger partial charge in [0.25, 0.3) is 5.91 Å². The molecule has 2 rings (SSSR count). The normalized spacial score (nSPS) is 12.7. The molecule has 0 saturated carbocycles. The molecule has 0 radical (unpaired) electrons. The highest BCUT2D eigenvalue weighted by atomic mass is 32.1. The molecule has 1 aromatic heterocycles. The van der Waals surface area contributed by atoms with Crippen LogP contribution in [0.3, 0.4) is 0 Å². The summed E-state index contributed by atoms with van der Waals surface area (Å²) in [7, 11) is 1.55. The minimum absolute atomic E-state index is 0.275. The number of halogens is 3. The van der Waals surface area contributed by atoms with E-state index in [-0.39, 0.29) is 12.3 Å². The predicted molar refractivity (Wildman–Crippen MR) is 80.1 cm³/mol. The summed E-state index contributed by atoms with van der Waals surface area (Å²) < 4.78 is 44.0. The standard InChI is InChI=1S/C15H15F3N2O2S/c1-10(14(21)20(2)7-11-8-23-9-19-11)22-13-6-4-3-5-12(13)15(16,17)18/h3-6,8-10H,7H2,1-2H3. The lowest BCUT2D eigenvalue weighted by Crippen LogP contribution is -2.37. The van der Waals surface area contributed by atoms with Gasteiger partial charge in [-0.2, -0.15) is 13.2 Å². The highest BCUT2D eigenvalue weighted by Gasteiger charge is 2.35. The third-order valence-corrected chi connectivity index (χ3v) is 3.74. The van der Waals surface area contributed by atoms with Gasteiger partial charge in [-0.1, -0.05) is 12.1 Å². The lowest BCUT2D eigenvalue weighted by Gasteiger charge is -2.23. The summed E-state index contributed by atoms with van der Waals surface area (Å²) in [4.78, 5) is 17.7. The minimum Gasteiger partial charge on any atom is -0.480 e. The zero-order valence-corrected chi connectivity index (χ0v) is 13.3. The lowest BCUT2D eigenvalue weighted by molar-refractivity contribution is -0.143. The van der Waals surface area contributed by atoms with Crippen LogP contribution in [0.15, 0.2) is 35.2 Å². The van der Waals surface area contributed by atoms with Gasteiger partial charge in [0, 0.05) is 12.4 Å². The van der Waals surface area contributed by atoms with Crippen molar-refractivity contribution in [1.82, 2.24) is 9.88 Å². The Bertz CT molecular complexity index is 659. The summed E-state index contributed by atoms with van der Waals surface area (Å²) in [6, 6.07) is 4.83. The van der Waals surface area contributed by atoms with Crippen molar-refractivity contribution in [3.05, 3.63) is 46.4 Å². The van der Waals surface area contributed by atoms with Crippen molar-refractivity contribution in [3.8, 4) is 5.75 Å². The van der Waals surface area contributed by atoms with Crippen LogP contribution in [-0.4, -0.2) is 28.9 Å². The van der Waals surface area contributed by atoms with Gasteiger partial charge in [-0.05, 0) is 19.1 Å². The van der Waals surface area contributed by atoms with Gasteiger partial charge >= 0.3 is 6.18 Å². The molecule has 124 valence electrons. The topological polar surface area (TPSA) is 42.4 Å². The predicted octanol–water partition coefficient (Wildman–Crippen LogP) is 3.59. The van der Waals surface area contributed by atoms with Gasteiger partial charge in [0.2, 0.25) is 0 Å². The number of likely N-dealkylation sites (N-methyl/N-ethyl adjacent to an activating group) is 1. The second kappa shape index (κ2) is 6.99. The Morgan fingerprint density at radius 1 is 1.39 bits per heavy atom. The molecule has 0 aliphatic carbocycles. The Labute approximate surface area is 135 Å². The smallest absolute Gasteiger partial charge is 0.419 e. The number of thiazole rings is 1. The van der Waals surface area contributed by atoms with Crippen LogP contribution in [0.5, 0.6) is 5.75 Å². The van der Waals surface area contributed by atoms with Crippen LogP contribution in [0, 0.1) is 0 Å². The molecular formula is C15H15F3N2O2S. The molecular weight excluding hydrogens is 329 g/mol. The van der Waals surface area contributed by atoms with Gasteiger partial charge in [0.1, 0.15) is 5.75 Å². The average Bonchev–Trinajstić information content (AvgIpc) is 2.98. The molecule has 0 N–H and O–H groups in total. The summed E-state index contributed by atoms with van der Waals surface area (Å²) in [5.41, 5.74) is 1.46. The number of hydrogen-bond acceptors (Lipinski definition) is 4. The Balaban J connectivity index is 2.07. The van der Waals surface area contributed by atoms with E-state index >= 15 is 0 Å². The molecule has 0 aliphatic rings. The maximum absolute atomic E-state index is 12.9. The third-order valence-electron chi connectivity index (χ3n) is 3.10. The fourth-order valence-corrected chi connectivity index (χ4v) is 2.54. The fourth-order valence-electron chi connectivity index (χ4n) is 1.99. The number of carbonyl (C=O) groups is 1. The molecule has 0 bridgehead atoms. The number of ether oxygens (including phenoxy) is 1. The molecule has 4 nitrogen and oxygen atoms in total. The molecule has 1 heterocycles. The second-order valence-electron chi connectivity index (χ2n) is 4.93. The van der Waals surface area contributed by atoms with Crippen LogP contribution in [0.4, 0.5) is 13.2 Å². The molecule has 1 aromatic carbocycles. The first-order valence-electron chi connectivity index (χ1n) is 6.74. The Morgan fingerprint density at radius 3 is 2.70 bits per heavy atom. The summed E-state index contributed by atoms with van der Waals surface area (Å²) in [5, 5.41) is 1.80. The average molecular weight is 344 g/mol. The van der Waals surface area contributed by atoms with E-state index in [1.54, 1.807) is 17.9 Å². The first kappa shape index (κ1) is 17.3. The first-order valence-corrected chi connectivity index (χ1v) is 7.68. The summed E-state index contributed by atoms with van der Waals surface area (Å²) >= 11 is 1.40. The molecule has 0 fully saturated rings. The summed E-state index contributed by atoms with van der Waals surface area (Å²) in [5.74, 6) is -0.780. The second-order valence-corrected chi connectivity index (χ2v) is 5.65. The van der Waals surface area contributed by atoms with E-state index in [0.717, 1.165) is 6.07 Å². The van der Waals surface area contributed by atoms with Gasteiger partial charge in [-0.15, -0.1) is 11.3 Å². The SMILES string of the molecule is CC(Oc1ccccc1C(F)(F)F)C(=O)N(C)Cc1cscn1. The van der Waals surface area contributed by atoms with E-state index in [1.807, 2.05) is 0 Å². The van der Waals surface area contributed by atoms with E-state index in [0.29, 0.717) is 5.69 Å². The summed E-state index contributed by atoms with van der Waals surface area (Å²) in [6.45, 7) is 1.70. The molecule has 8 heteroatoms. The lowest BCUT2D eigenvalue weighted by atomic mass is 10.2. The molecule has 1 unspecified atom stereocenters. The van der Waals surface area contributed by atoms with Crippen molar-refractivity contribution in [1.29, 1.82) is 0 Å². The van der Waals surface area contributed by atoms with Gasteiger partial charge < -0.3 is 9.64 Å². The summed E-state index contributed by atoms with van der Waals surface area (Å²) in [6.07, 6.45) is -5.58. The fraction of sp³-hybridized carbons (Fsp3) is 0.333. The van der Waals surface area contributed by atoms with Crippen LogP contribution in [0.2, 0.25) is 0 Å². The van der Waals surface area contributed by atoms with E-state index in [1.165, 1.54) is 41.4 Å². The molecule has 0 saturated heterocycles. The van der Waals surface area contributed by atoms with Gasteiger partial charge in [-0.3, -0.25) is 4.79 Å². The monoisotopic (exact) mass is 344 g/mol. The molecule has 0 spiro atoms. The number of amides is 1.